The van der Waals surface area contributed by atoms with E-state index in [9.17, 15) is 13.2 Å². The molecule has 5 N–H and O–H groups in total. The normalized spacial score (nSPS) is 13.8. The number of carbonyl (C=O) groups excluding carboxylic acids is 1. The minimum absolute atomic E-state index is 0.00471. The molecule has 2 aromatic carbocycles. The molecule has 0 fully saturated rings. The molecule has 0 saturated heterocycles. The van der Waals surface area contributed by atoms with Crippen LogP contribution in [0.3, 0.4) is 0 Å². The van der Waals surface area contributed by atoms with E-state index >= 15 is 0 Å². The summed E-state index contributed by atoms with van der Waals surface area (Å²) in [6.45, 7) is 4.75. The maximum atomic E-state index is 13.5. The average Bonchev–Trinajstić information content (AvgIpc) is 3.43. The molecule has 12 nitrogen and oxygen atoms in total. The van der Waals surface area contributed by atoms with Crippen LogP contribution in [0, 0.1) is 0 Å². The van der Waals surface area contributed by atoms with Crippen LogP contribution in [0.15, 0.2) is 65.7 Å². The van der Waals surface area contributed by atoms with Crippen molar-refractivity contribution in [3.63, 3.8) is 0 Å². The molecule has 1 atom stereocenters. The van der Waals surface area contributed by atoms with Crippen LogP contribution >= 0.6 is 7.82 Å². The van der Waals surface area contributed by atoms with Crippen molar-refractivity contribution in [2.24, 2.45) is 0 Å². The molecule has 0 aliphatic carbocycles. The number of H-pyrrole nitrogens is 1. The second-order valence-corrected chi connectivity index (χ2v) is 11.4. The maximum Gasteiger partial charge on any atom is 0.466 e. The van der Waals surface area contributed by atoms with E-state index in [0.717, 1.165) is 11.3 Å². The fourth-order valence-corrected chi connectivity index (χ4v) is 5.54. The number of nitrogens with one attached hydrogen (secondary N) is 2. The molecule has 4 rings (SSSR count). The first-order valence-corrected chi connectivity index (χ1v) is 15.1. The second kappa shape index (κ2) is 13.2. The molecule has 0 spiro atoms. The fourth-order valence-electron chi connectivity index (χ4n) is 4.04. The van der Waals surface area contributed by atoms with Crippen molar-refractivity contribution in [3.05, 3.63) is 77.6 Å². The van der Waals surface area contributed by atoms with Crippen molar-refractivity contribution in [3.8, 4) is 11.5 Å². The van der Waals surface area contributed by atoms with Crippen molar-refractivity contribution < 1.29 is 41.9 Å². The van der Waals surface area contributed by atoms with Crippen molar-refractivity contribution in [1.29, 1.82) is 0 Å². The number of aromatic amines is 1. The van der Waals surface area contributed by atoms with Crippen LogP contribution in [0.5, 0.6) is 11.5 Å². The highest BCUT2D eigenvalue weighted by molar-refractivity contribution is 7.89. The number of aromatic nitrogens is 1. The zero-order valence-corrected chi connectivity index (χ0v) is 23.2. The van der Waals surface area contributed by atoms with E-state index in [1.807, 2.05) is 42.5 Å². The summed E-state index contributed by atoms with van der Waals surface area (Å²) < 4.78 is 48.0. The number of nitrogens with zero attached hydrogens (tertiary/aromatic N) is 1. The Morgan fingerprint density at radius 2 is 1.69 bits per heavy atom. The van der Waals surface area contributed by atoms with E-state index < -0.39 is 23.8 Å². The van der Waals surface area contributed by atoms with E-state index in [-0.39, 0.29) is 41.2 Å². The molecule has 1 aliphatic heterocycles. The Labute approximate surface area is 226 Å². The predicted octanol–water partition coefficient (Wildman–Crippen LogP) is 2.60. The Bertz CT molecular complexity index is 1380. The monoisotopic (exact) mass is 581 g/mol. The zero-order chi connectivity index (χ0) is 28.6. The molecular formula is C25H32N3O9PS. The summed E-state index contributed by atoms with van der Waals surface area (Å²) in [6, 6.07) is 16.1. The molecule has 0 saturated carbocycles. The summed E-state index contributed by atoms with van der Waals surface area (Å²) in [5.41, 5.74) is 2.03. The predicted molar refractivity (Wildman–Crippen MR) is 143 cm³/mol. The minimum atomic E-state index is -4.64. The second-order valence-electron chi connectivity index (χ2n) is 8.44. The molecule has 0 bridgehead atoms. The topological polar surface area (TPSA) is 178 Å². The third kappa shape index (κ3) is 8.40. The lowest BCUT2D eigenvalue weighted by atomic mass is 10.0. The molecule has 1 aromatic heterocycles. The highest BCUT2D eigenvalue weighted by Crippen LogP contribution is 2.37. The zero-order valence-electron chi connectivity index (χ0n) is 21.5. The number of benzene rings is 2. The van der Waals surface area contributed by atoms with Crippen molar-refractivity contribution in [2.45, 2.75) is 31.2 Å². The van der Waals surface area contributed by atoms with Crippen molar-refractivity contribution >= 4 is 23.8 Å². The van der Waals surface area contributed by atoms with Crippen LogP contribution in [-0.4, -0.2) is 64.6 Å². The minimum Gasteiger partial charge on any atom is -0.486 e. The summed E-state index contributed by atoms with van der Waals surface area (Å²) in [5.74, 6) is 0.0742. The van der Waals surface area contributed by atoms with Gasteiger partial charge in [-0.25, -0.2) is 13.0 Å². The summed E-state index contributed by atoms with van der Waals surface area (Å²) in [4.78, 5) is 38.3. The van der Waals surface area contributed by atoms with Gasteiger partial charge in [0.15, 0.2) is 11.5 Å². The molecule has 2 heterocycles. The SMILES string of the molecule is CCN(CC)S(=O)(=O)c1cc2c(c(C(=O)NC(Cc3ccccc3)c3ccc[nH]3)c1)OCCO2.O=P(O)(O)O. The lowest BCUT2D eigenvalue weighted by molar-refractivity contribution is 0.0924. The molecule has 3 aromatic rings. The Morgan fingerprint density at radius 3 is 2.28 bits per heavy atom. The highest BCUT2D eigenvalue weighted by Gasteiger charge is 2.30. The molecule has 39 heavy (non-hydrogen) atoms. The Kier molecular flexibility index (Phi) is 10.3. The standard InChI is InChI=1S/C25H29N3O5S.H3O4P/c1-3-28(4-2)34(30,31)19-16-20(24-23(17-19)32-13-14-33-24)25(29)27-22(21-11-8-12-26-21)15-18-9-6-5-7-10-18;1-5(2,3)4/h5-12,16-17,22,26H,3-4,13-15H2,1-2H3,(H,27,29);(H3,1,2,3,4). The number of phosphoric acid groups is 1. The maximum absolute atomic E-state index is 13.5. The highest BCUT2D eigenvalue weighted by atomic mass is 32.2. The molecule has 0 radical (unpaired) electrons. The van der Waals surface area contributed by atoms with E-state index in [1.54, 1.807) is 20.0 Å². The van der Waals surface area contributed by atoms with Gasteiger partial charge in [-0.15, -0.1) is 0 Å². The van der Waals surface area contributed by atoms with Gasteiger partial charge in [-0.1, -0.05) is 44.2 Å². The van der Waals surface area contributed by atoms with Crippen LogP contribution in [0.25, 0.3) is 0 Å². The van der Waals surface area contributed by atoms with Gasteiger partial charge in [0.25, 0.3) is 5.91 Å². The van der Waals surface area contributed by atoms with Gasteiger partial charge in [-0.2, -0.15) is 4.31 Å². The lowest BCUT2D eigenvalue weighted by Crippen LogP contribution is -2.33. The number of fused-ring (bicyclic) bond motifs is 1. The number of rotatable bonds is 9. The first-order chi connectivity index (χ1) is 18.4. The van der Waals surface area contributed by atoms with E-state index in [1.165, 1.54) is 16.4 Å². The summed E-state index contributed by atoms with van der Waals surface area (Å²) >= 11 is 0. The van der Waals surface area contributed by atoms with Gasteiger partial charge in [0.2, 0.25) is 10.0 Å². The van der Waals surface area contributed by atoms with E-state index in [4.69, 9.17) is 28.7 Å². The third-order valence-corrected chi connectivity index (χ3v) is 7.82. The van der Waals surface area contributed by atoms with Gasteiger partial charge in [-0.3, -0.25) is 4.79 Å². The Balaban J connectivity index is 0.000000771. The Morgan fingerprint density at radius 1 is 1.05 bits per heavy atom. The molecule has 1 aliphatic rings. The van der Waals surface area contributed by atoms with Crippen LogP contribution in [0.4, 0.5) is 0 Å². The van der Waals surface area contributed by atoms with Gasteiger partial charge in [0.05, 0.1) is 16.5 Å². The molecule has 212 valence electrons. The molecule has 14 heteroatoms. The van der Waals surface area contributed by atoms with Crippen LogP contribution in [0.1, 0.15) is 41.5 Å². The van der Waals surface area contributed by atoms with E-state index in [2.05, 4.69) is 10.3 Å². The summed E-state index contributed by atoms with van der Waals surface area (Å²) in [7, 11) is -8.44. The Hall–Kier alpha value is -3.19. The molecule has 1 unspecified atom stereocenters. The van der Waals surface area contributed by atoms with Crippen LogP contribution < -0.4 is 14.8 Å². The largest absolute Gasteiger partial charge is 0.486 e. The average molecular weight is 582 g/mol. The summed E-state index contributed by atoms with van der Waals surface area (Å²) in [5, 5.41) is 3.06. The first-order valence-electron chi connectivity index (χ1n) is 12.1. The number of ether oxygens (including phenoxy) is 2. The number of carbonyl (C=O) groups is 1. The lowest BCUT2D eigenvalue weighted by Gasteiger charge is -2.25. The number of hydrogen-bond donors (Lipinski definition) is 5. The summed E-state index contributed by atoms with van der Waals surface area (Å²) in [6.07, 6.45) is 2.36. The molecular weight excluding hydrogens is 549 g/mol. The van der Waals surface area contributed by atoms with Crippen LogP contribution in [0.2, 0.25) is 0 Å². The van der Waals surface area contributed by atoms with Gasteiger partial charge in [-0.05, 0) is 30.2 Å². The van der Waals surface area contributed by atoms with Gasteiger partial charge >= 0.3 is 7.82 Å². The van der Waals surface area contributed by atoms with Gasteiger partial charge < -0.3 is 34.5 Å². The third-order valence-electron chi connectivity index (χ3n) is 5.79. The molecule has 1 amide bonds. The quantitative estimate of drug-likeness (QED) is 0.238. The number of hydrogen-bond acceptors (Lipinski definition) is 6. The fraction of sp³-hybridized carbons (Fsp3) is 0.320. The van der Waals surface area contributed by atoms with Gasteiger partial charge in [0.1, 0.15) is 13.2 Å². The first kappa shape index (κ1) is 30.4. The van der Waals surface area contributed by atoms with Crippen LogP contribution in [-0.2, 0) is 21.0 Å². The smallest absolute Gasteiger partial charge is 0.466 e. The van der Waals surface area contributed by atoms with Gasteiger partial charge in [0, 0.05) is 31.0 Å². The van der Waals surface area contributed by atoms with E-state index in [0.29, 0.717) is 19.5 Å². The number of sulfonamides is 1. The van der Waals surface area contributed by atoms with Crippen molar-refractivity contribution in [2.75, 3.05) is 26.3 Å². The number of amides is 1. The van der Waals surface area contributed by atoms with Crippen molar-refractivity contribution in [1.82, 2.24) is 14.6 Å².